The number of benzene rings is 1. The van der Waals surface area contributed by atoms with E-state index in [1.165, 1.54) is 19.2 Å². The van der Waals surface area contributed by atoms with E-state index in [0.29, 0.717) is 6.42 Å². The van der Waals surface area contributed by atoms with E-state index in [1.54, 1.807) is 24.3 Å². The molecule has 2 amide bonds. The van der Waals surface area contributed by atoms with Crippen LogP contribution in [0.25, 0.3) is 0 Å². The predicted octanol–water partition coefficient (Wildman–Crippen LogP) is 2.00. The summed E-state index contributed by atoms with van der Waals surface area (Å²) in [7, 11) is 1.46. The number of amides is 2. The van der Waals surface area contributed by atoms with E-state index in [0.717, 1.165) is 4.90 Å². The number of hydrogen-bond acceptors (Lipinski definition) is 2. The Balaban J connectivity index is 1.98. The van der Waals surface area contributed by atoms with Crippen LogP contribution in [0.2, 0.25) is 0 Å². The van der Waals surface area contributed by atoms with E-state index in [4.69, 9.17) is 5.11 Å². The summed E-state index contributed by atoms with van der Waals surface area (Å²) in [5.74, 6) is -1.99. The van der Waals surface area contributed by atoms with Gasteiger partial charge in [-0.05, 0) is 18.6 Å². The molecule has 0 fully saturated rings. The molecule has 0 radical (unpaired) electrons. The van der Waals surface area contributed by atoms with Crippen molar-refractivity contribution in [3.8, 4) is 0 Å². The standard InChI is InChI=1S/C14H15FN2O3/c1-17(12-5-3-2-4-11(12)15)14(20)16-10-7-6-9(8-10)13(18)19/h2-7,9-10H,8H2,1H3,(H,16,20)(H,18,19). The maximum absolute atomic E-state index is 13.6. The minimum atomic E-state index is -0.916. The van der Waals surface area contributed by atoms with E-state index in [9.17, 15) is 14.0 Å². The highest BCUT2D eigenvalue weighted by molar-refractivity contribution is 5.92. The Morgan fingerprint density at radius 1 is 1.35 bits per heavy atom. The Morgan fingerprint density at radius 2 is 2.05 bits per heavy atom. The van der Waals surface area contributed by atoms with Gasteiger partial charge in [-0.25, -0.2) is 9.18 Å². The van der Waals surface area contributed by atoms with Crippen molar-refractivity contribution in [3.05, 3.63) is 42.2 Å². The lowest BCUT2D eigenvalue weighted by Gasteiger charge is -2.21. The molecule has 0 aromatic heterocycles. The maximum Gasteiger partial charge on any atom is 0.322 e. The fourth-order valence-electron chi connectivity index (χ4n) is 2.08. The van der Waals surface area contributed by atoms with Gasteiger partial charge in [0.15, 0.2) is 0 Å². The van der Waals surface area contributed by atoms with Crippen molar-refractivity contribution in [1.82, 2.24) is 5.32 Å². The molecule has 6 heteroatoms. The zero-order valence-electron chi connectivity index (χ0n) is 10.9. The molecule has 0 saturated heterocycles. The van der Waals surface area contributed by atoms with Crippen LogP contribution in [-0.2, 0) is 4.79 Å². The van der Waals surface area contributed by atoms with Crippen LogP contribution in [0.5, 0.6) is 0 Å². The normalized spacial score (nSPS) is 20.7. The molecule has 2 rings (SSSR count). The minimum absolute atomic E-state index is 0.168. The molecule has 1 aromatic carbocycles. The molecule has 20 heavy (non-hydrogen) atoms. The van der Waals surface area contributed by atoms with Crippen molar-refractivity contribution < 1.29 is 19.1 Å². The zero-order valence-corrected chi connectivity index (χ0v) is 10.9. The van der Waals surface area contributed by atoms with E-state index in [2.05, 4.69) is 5.32 Å². The monoisotopic (exact) mass is 278 g/mol. The summed E-state index contributed by atoms with van der Waals surface area (Å²) in [5.41, 5.74) is 0.168. The van der Waals surface area contributed by atoms with Gasteiger partial charge in [0.05, 0.1) is 17.6 Å². The number of anilines is 1. The second-order valence-corrected chi connectivity index (χ2v) is 4.63. The number of halogens is 1. The Labute approximate surface area is 115 Å². The van der Waals surface area contributed by atoms with Gasteiger partial charge in [0, 0.05) is 7.05 Å². The third-order valence-corrected chi connectivity index (χ3v) is 3.23. The predicted molar refractivity (Wildman–Crippen MR) is 72.0 cm³/mol. The summed E-state index contributed by atoms with van der Waals surface area (Å²) >= 11 is 0. The van der Waals surface area contributed by atoms with Crippen LogP contribution < -0.4 is 10.2 Å². The number of rotatable bonds is 3. The van der Waals surface area contributed by atoms with Crippen LogP contribution in [0.15, 0.2) is 36.4 Å². The molecule has 5 nitrogen and oxygen atoms in total. The summed E-state index contributed by atoms with van der Waals surface area (Å²) in [6, 6.07) is 5.13. The molecular formula is C14H15FN2O3. The molecule has 0 spiro atoms. The first kappa shape index (κ1) is 14.0. The van der Waals surface area contributed by atoms with Gasteiger partial charge in [0.25, 0.3) is 0 Å². The summed E-state index contributed by atoms with van der Waals surface area (Å²) < 4.78 is 13.6. The van der Waals surface area contributed by atoms with Gasteiger partial charge in [-0.3, -0.25) is 9.69 Å². The van der Waals surface area contributed by atoms with Gasteiger partial charge < -0.3 is 10.4 Å². The molecule has 2 atom stereocenters. The maximum atomic E-state index is 13.6. The number of aliphatic carboxylic acids is 1. The molecule has 2 unspecified atom stereocenters. The fourth-order valence-corrected chi connectivity index (χ4v) is 2.08. The fraction of sp³-hybridized carbons (Fsp3) is 0.286. The highest BCUT2D eigenvalue weighted by Gasteiger charge is 2.26. The third-order valence-electron chi connectivity index (χ3n) is 3.23. The number of carbonyl (C=O) groups excluding carboxylic acids is 1. The van der Waals surface area contributed by atoms with Crippen molar-refractivity contribution in [2.75, 3.05) is 11.9 Å². The van der Waals surface area contributed by atoms with Gasteiger partial charge in [-0.2, -0.15) is 0 Å². The van der Waals surface area contributed by atoms with Crippen molar-refractivity contribution >= 4 is 17.7 Å². The van der Waals surface area contributed by atoms with Gasteiger partial charge >= 0.3 is 12.0 Å². The van der Waals surface area contributed by atoms with Crippen LogP contribution in [0.4, 0.5) is 14.9 Å². The Bertz CT molecular complexity index is 559. The quantitative estimate of drug-likeness (QED) is 0.831. The number of carbonyl (C=O) groups is 2. The largest absolute Gasteiger partial charge is 0.481 e. The molecule has 0 bridgehead atoms. The van der Waals surface area contributed by atoms with E-state index < -0.39 is 23.7 Å². The average Bonchev–Trinajstić information content (AvgIpc) is 2.87. The van der Waals surface area contributed by atoms with Gasteiger partial charge in [-0.15, -0.1) is 0 Å². The lowest BCUT2D eigenvalue weighted by atomic mass is 10.1. The second-order valence-electron chi connectivity index (χ2n) is 4.63. The van der Waals surface area contributed by atoms with E-state index in [1.807, 2.05) is 0 Å². The van der Waals surface area contributed by atoms with Crippen molar-refractivity contribution in [1.29, 1.82) is 0 Å². The number of hydrogen-bond donors (Lipinski definition) is 2. The molecule has 1 aliphatic rings. The number of nitrogens with one attached hydrogen (secondary N) is 1. The topological polar surface area (TPSA) is 69.6 Å². The average molecular weight is 278 g/mol. The molecule has 0 heterocycles. The Kier molecular flexibility index (Phi) is 4.02. The van der Waals surface area contributed by atoms with Gasteiger partial charge in [0.2, 0.25) is 0 Å². The Hall–Kier alpha value is -2.37. The highest BCUT2D eigenvalue weighted by Crippen LogP contribution is 2.20. The SMILES string of the molecule is CN(C(=O)NC1C=CC(C(=O)O)C1)c1ccccc1F. The first-order valence-electron chi connectivity index (χ1n) is 6.19. The lowest BCUT2D eigenvalue weighted by Crippen LogP contribution is -2.42. The molecule has 0 saturated carbocycles. The summed E-state index contributed by atoms with van der Waals surface area (Å²) in [5, 5.41) is 11.5. The highest BCUT2D eigenvalue weighted by atomic mass is 19.1. The van der Waals surface area contributed by atoms with Gasteiger partial charge in [-0.1, -0.05) is 24.3 Å². The van der Waals surface area contributed by atoms with Crippen LogP contribution in [0.1, 0.15) is 6.42 Å². The van der Waals surface area contributed by atoms with E-state index in [-0.39, 0.29) is 11.7 Å². The summed E-state index contributed by atoms with van der Waals surface area (Å²) in [6.07, 6.45) is 3.51. The number of para-hydroxylation sites is 1. The third kappa shape index (κ3) is 2.96. The molecular weight excluding hydrogens is 263 g/mol. The van der Waals surface area contributed by atoms with Crippen molar-refractivity contribution in [2.45, 2.75) is 12.5 Å². The smallest absolute Gasteiger partial charge is 0.322 e. The molecule has 2 N–H and O–H groups in total. The number of carboxylic acids is 1. The summed E-state index contributed by atoms with van der Waals surface area (Å²) in [4.78, 5) is 24.0. The summed E-state index contributed by atoms with van der Waals surface area (Å²) in [6.45, 7) is 0. The second kappa shape index (κ2) is 5.73. The first-order chi connectivity index (χ1) is 9.49. The van der Waals surface area contributed by atoms with Crippen molar-refractivity contribution in [3.63, 3.8) is 0 Å². The first-order valence-corrected chi connectivity index (χ1v) is 6.19. The zero-order chi connectivity index (χ0) is 14.7. The molecule has 1 aliphatic carbocycles. The van der Waals surface area contributed by atoms with Gasteiger partial charge in [0.1, 0.15) is 5.82 Å². The Morgan fingerprint density at radius 3 is 2.65 bits per heavy atom. The molecule has 0 aliphatic heterocycles. The minimum Gasteiger partial charge on any atom is -0.481 e. The molecule has 106 valence electrons. The van der Waals surface area contributed by atoms with E-state index >= 15 is 0 Å². The number of carboxylic acid groups (broad SMARTS) is 1. The van der Waals surface area contributed by atoms with Crippen LogP contribution >= 0.6 is 0 Å². The molecule has 1 aromatic rings. The van der Waals surface area contributed by atoms with Crippen LogP contribution in [-0.4, -0.2) is 30.2 Å². The van der Waals surface area contributed by atoms with Crippen molar-refractivity contribution in [2.24, 2.45) is 5.92 Å². The number of urea groups is 1. The van der Waals surface area contributed by atoms with Crippen LogP contribution in [0.3, 0.4) is 0 Å². The lowest BCUT2D eigenvalue weighted by molar-refractivity contribution is -0.140. The van der Waals surface area contributed by atoms with Crippen LogP contribution in [0, 0.1) is 11.7 Å². The number of nitrogens with zero attached hydrogens (tertiary/aromatic N) is 1.